The number of amides is 1. The maximum Gasteiger partial charge on any atom is 0.261 e. The normalized spacial score (nSPS) is 16.9. The Kier molecular flexibility index (Phi) is 7.40. The fourth-order valence-corrected chi connectivity index (χ4v) is 4.15. The van der Waals surface area contributed by atoms with Crippen LogP contribution in [0.3, 0.4) is 0 Å². The summed E-state index contributed by atoms with van der Waals surface area (Å²) >= 11 is 0. The van der Waals surface area contributed by atoms with Crippen LogP contribution in [0.15, 0.2) is 53.4 Å². The molecular formula is C19H23ClFN3O3S. The maximum absolute atomic E-state index is 12.9. The van der Waals surface area contributed by atoms with Crippen molar-refractivity contribution in [1.82, 2.24) is 10.2 Å². The molecule has 1 amide bonds. The Morgan fingerprint density at radius 1 is 1.11 bits per heavy atom. The van der Waals surface area contributed by atoms with Crippen LogP contribution in [0.1, 0.15) is 23.2 Å². The van der Waals surface area contributed by atoms with Crippen LogP contribution in [0.25, 0.3) is 0 Å². The van der Waals surface area contributed by atoms with Crippen LogP contribution < -0.4 is 10.0 Å². The molecule has 1 fully saturated rings. The second-order valence-electron chi connectivity index (χ2n) is 6.52. The summed E-state index contributed by atoms with van der Waals surface area (Å²) < 4.78 is 40.2. The average Bonchev–Trinajstić information content (AvgIpc) is 2.69. The van der Waals surface area contributed by atoms with Gasteiger partial charge in [-0.05, 0) is 68.4 Å². The number of hydrogen-bond donors (Lipinski definition) is 2. The Morgan fingerprint density at radius 2 is 1.75 bits per heavy atom. The van der Waals surface area contributed by atoms with Crippen molar-refractivity contribution in [3.63, 3.8) is 0 Å². The van der Waals surface area contributed by atoms with Gasteiger partial charge in [0.1, 0.15) is 5.82 Å². The number of halogens is 2. The summed E-state index contributed by atoms with van der Waals surface area (Å²) in [6.07, 6.45) is 1.97. The van der Waals surface area contributed by atoms with Crippen LogP contribution in [-0.4, -0.2) is 45.4 Å². The fourth-order valence-electron chi connectivity index (χ4n) is 3.09. The van der Waals surface area contributed by atoms with E-state index in [4.69, 9.17) is 0 Å². The molecule has 1 heterocycles. The fraction of sp³-hybridized carbons (Fsp3) is 0.316. The van der Waals surface area contributed by atoms with Gasteiger partial charge in [0.15, 0.2) is 0 Å². The number of likely N-dealkylation sites (N-methyl/N-ethyl adjacent to an activating group) is 1. The van der Waals surface area contributed by atoms with Crippen LogP contribution >= 0.6 is 12.4 Å². The van der Waals surface area contributed by atoms with E-state index in [1.54, 1.807) is 4.90 Å². The van der Waals surface area contributed by atoms with Gasteiger partial charge < -0.3 is 10.2 Å². The Hall–Kier alpha value is -2.16. The van der Waals surface area contributed by atoms with Gasteiger partial charge in [-0.3, -0.25) is 9.52 Å². The van der Waals surface area contributed by atoms with Crippen molar-refractivity contribution in [2.45, 2.75) is 23.8 Å². The van der Waals surface area contributed by atoms with Crippen molar-refractivity contribution in [2.75, 3.05) is 24.9 Å². The van der Waals surface area contributed by atoms with E-state index in [1.165, 1.54) is 48.5 Å². The van der Waals surface area contributed by atoms with E-state index < -0.39 is 15.8 Å². The lowest BCUT2D eigenvalue weighted by Crippen LogP contribution is -2.46. The van der Waals surface area contributed by atoms with Crippen LogP contribution in [-0.2, 0) is 10.0 Å². The molecule has 28 heavy (non-hydrogen) atoms. The molecule has 2 aromatic rings. The highest BCUT2D eigenvalue weighted by molar-refractivity contribution is 7.92. The van der Waals surface area contributed by atoms with Gasteiger partial charge in [-0.15, -0.1) is 12.4 Å². The Bertz CT molecular complexity index is 905. The minimum atomic E-state index is -3.81. The molecule has 1 unspecified atom stereocenters. The molecule has 1 saturated heterocycles. The number of piperidine rings is 1. The molecule has 2 N–H and O–H groups in total. The van der Waals surface area contributed by atoms with Crippen molar-refractivity contribution >= 4 is 34.0 Å². The Balaban J connectivity index is 0.00000280. The average molecular weight is 428 g/mol. The molecule has 152 valence electrons. The molecule has 1 aliphatic heterocycles. The van der Waals surface area contributed by atoms with Gasteiger partial charge in [-0.25, -0.2) is 12.8 Å². The van der Waals surface area contributed by atoms with Gasteiger partial charge in [0.25, 0.3) is 15.9 Å². The third-order valence-electron chi connectivity index (χ3n) is 4.62. The maximum atomic E-state index is 12.9. The summed E-state index contributed by atoms with van der Waals surface area (Å²) in [5.41, 5.74) is 0.718. The Labute approximate surface area is 170 Å². The first-order valence-electron chi connectivity index (χ1n) is 8.74. The van der Waals surface area contributed by atoms with E-state index in [2.05, 4.69) is 10.0 Å². The lowest BCUT2D eigenvalue weighted by Gasteiger charge is -2.32. The second-order valence-corrected chi connectivity index (χ2v) is 8.20. The zero-order valence-corrected chi connectivity index (χ0v) is 17.0. The van der Waals surface area contributed by atoms with E-state index in [0.29, 0.717) is 18.7 Å². The van der Waals surface area contributed by atoms with Gasteiger partial charge in [0.05, 0.1) is 4.90 Å². The molecule has 0 aromatic heterocycles. The minimum absolute atomic E-state index is 0. The van der Waals surface area contributed by atoms with Gasteiger partial charge >= 0.3 is 0 Å². The summed E-state index contributed by atoms with van der Waals surface area (Å²) in [5, 5.41) is 3.19. The first-order valence-corrected chi connectivity index (χ1v) is 10.2. The number of benzene rings is 2. The summed E-state index contributed by atoms with van der Waals surface area (Å²) in [6, 6.07) is 11.2. The predicted octanol–water partition coefficient (Wildman–Crippen LogP) is 2.87. The van der Waals surface area contributed by atoms with Crippen LogP contribution in [0, 0.1) is 5.82 Å². The summed E-state index contributed by atoms with van der Waals surface area (Å²) in [5.74, 6) is -0.551. The number of hydrogen-bond acceptors (Lipinski definition) is 4. The number of anilines is 1. The van der Waals surface area contributed by atoms with Crippen molar-refractivity contribution in [3.8, 4) is 0 Å². The molecule has 3 rings (SSSR count). The summed E-state index contributed by atoms with van der Waals surface area (Å²) in [7, 11) is -1.93. The molecule has 9 heteroatoms. The topological polar surface area (TPSA) is 78.5 Å². The van der Waals surface area contributed by atoms with Gasteiger partial charge in [0.2, 0.25) is 0 Å². The Morgan fingerprint density at radius 3 is 2.36 bits per heavy atom. The van der Waals surface area contributed by atoms with E-state index in [1.807, 2.05) is 7.05 Å². The van der Waals surface area contributed by atoms with E-state index in [9.17, 15) is 17.6 Å². The lowest BCUT2D eigenvalue weighted by atomic mass is 10.0. The first-order chi connectivity index (χ1) is 12.9. The number of likely N-dealkylation sites (tertiary alicyclic amines) is 1. The zero-order valence-electron chi connectivity index (χ0n) is 15.4. The molecule has 0 bridgehead atoms. The molecule has 0 spiro atoms. The highest BCUT2D eigenvalue weighted by Crippen LogP contribution is 2.19. The van der Waals surface area contributed by atoms with Gasteiger partial charge in [-0.1, -0.05) is 0 Å². The molecule has 0 aliphatic carbocycles. The zero-order chi connectivity index (χ0) is 19.4. The van der Waals surface area contributed by atoms with Gasteiger partial charge in [0, 0.05) is 30.4 Å². The van der Waals surface area contributed by atoms with Gasteiger partial charge in [-0.2, -0.15) is 0 Å². The number of carbonyl (C=O) groups excluding carboxylic acids is 1. The molecule has 0 saturated carbocycles. The van der Waals surface area contributed by atoms with E-state index >= 15 is 0 Å². The smallest absolute Gasteiger partial charge is 0.261 e. The monoisotopic (exact) mass is 427 g/mol. The van der Waals surface area contributed by atoms with Crippen molar-refractivity contribution in [2.24, 2.45) is 0 Å². The molecule has 6 nitrogen and oxygen atoms in total. The number of carbonyl (C=O) groups is 1. The standard InChI is InChI=1S/C19H22FN3O3S.ClH/c1-21-17-3-2-12-23(13-17)19(24)14-4-10-18(11-5-14)27(25,26)22-16-8-6-15(20)7-9-16;/h4-11,17,21-22H,2-3,12-13H2,1H3;1H. The minimum Gasteiger partial charge on any atom is -0.337 e. The van der Waals surface area contributed by atoms with Crippen LogP contribution in [0.5, 0.6) is 0 Å². The largest absolute Gasteiger partial charge is 0.337 e. The first kappa shape index (κ1) is 22.1. The van der Waals surface area contributed by atoms with Crippen molar-refractivity contribution in [1.29, 1.82) is 0 Å². The number of rotatable bonds is 5. The van der Waals surface area contributed by atoms with Crippen molar-refractivity contribution in [3.05, 3.63) is 59.9 Å². The third kappa shape index (κ3) is 5.21. The molecule has 2 aromatic carbocycles. The number of nitrogens with zero attached hydrogens (tertiary/aromatic N) is 1. The third-order valence-corrected chi connectivity index (χ3v) is 6.02. The number of nitrogens with one attached hydrogen (secondary N) is 2. The lowest BCUT2D eigenvalue weighted by molar-refractivity contribution is 0.0698. The summed E-state index contributed by atoms with van der Waals surface area (Å²) in [4.78, 5) is 14.5. The number of sulfonamides is 1. The highest BCUT2D eigenvalue weighted by atomic mass is 35.5. The molecule has 1 atom stereocenters. The predicted molar refractivity (Wildman–Crippen MR) is 109 cm³/mol. The molecule has 1 aliphatic rings. The van der Waals surface area contributed by atoms with Crippen LogP contribution in [0.4, 0.5) is 10.1 Å². The van der Waals surface area contributed by atoms with Crippen molar-refractivity contribution < 1.29 is 17.6 Å². The summed E-state index contributed by atoms with van der Waals surface area (Å²) in [6.45, 7) is 1.34. The molecule has 0 radical (unpaired) electrons. The van der Waals surface area contributed by atoms with E-state index in [-0.39, 0.29) is 34.9 Å². The highest BCUT2D eigenvalue weighted by Gasteiger charge is 2.24. The SMILES string of the molecule is CNC1CCCN(C(=O)c2ccc(S(=O)(=O)Nc3ccc(F)cc3)cc2)C1.Cl. The quantitative estimate of drug-likeness (QED) is 0.769. The second kappa shape index (κ2) is 9.36. The van der Waals surface area contributed by atoms with Crippen LogP contribution in [0.2, 0.25) is 0 Å². The molecular weight excluding hydrogens is 405 g/mol. The van der Waals surface area contributed by atoms with E-state index in [0.717, 1.165) is 12.8 Å².